The van der Waals surface area contributed by atoms with Gasteiger partial charge in [0.05, 0.1) is 30.8 Å². The van der Waals surface area contributed by atoms with E-state index >= 15 is 0 Å². The summed E-state index contributed by atoms with van der Waals surface area (Å²) in [6.45, 7) is 8.74. The zero-order chi connectivity index (χ0) is 23.5. The van der Waals surface area contributed by atoms with Crippen LogP contribution in [0, 0.1) is 13.8 Å². The van der Waals surface area contributed by atoms with Gasteiger partial charge in [0.1, 0.15) is 23.7 Å². The average molecular weight is 461 g/mol. The largest absolute Gasteiger partial charge is 0.492 e. The summed E-state index contributed by atoms with van der Waals surface area (Å²) in [5.74, 6) is 0.590. The van der Waals surface area contributed by atoms with Crippen LogP contribution in [0.4, 0.5) is 5.69 Å². The Kier molecular flexibility index (Phi) is 6.29. The van der Waals surface area contributed by atoms with Gasteiger partial charge in [-0.15, -0.1) is 0 Å². The number of morpholine rings is 1. The quantitative estimate of drug-likeness (QED) is 0.389. The van der Waals surface area contributed by atoms with E-state index in [0.29, 0.717) is 18.0 Å². The van der Waals surface area contributed by atoms with Crippen molar-refractivity contribution in [2.24, 2.45) is 0 Å². The summed E-state index contributed by atoms with van der Waals surface area (Å²) < 4.78 is 11.4. The highest BCUT2D eigenvalue weighted by Crippen LogP contribution is 2.27. The summed E-state index contributed by atoms with van der Waals surface area (Å²) in [5, 5.41) is 10.7. The molecule has 0 unspecified atom stereocenters. The fraction of sp³-hybridized carbons (Fsp3) is 0.320. The van der Waals surface area contributed by atoms with Gasteiger partial charge in [-0.2, -0.15) is 5.10 Å². The smallest absolute Gasteiger partial charge is 0.273 e. The number of H-pyrrole nitrogens is 2. The number of rotatable bonds is 7. The molecule has 1 aliphatic rings. The number of aromatic amines is 2. The Morgan fingerprint density at radius 1 is 1.21 bits per heavy atom. The molecule has 0 spiro atoms. The van der Waals surface area contributed by atoms with Crippen LogP contribution in [-0.2, 0) is 4.74 Å². The number of aryl methyl sites for hydroxylation is 1. The summed E-state index contributed by atoms with van der Waals surface area (Å²) in [7, 11) is 0. The van der Waals surface area contributed by atoms with E-state index in [1.165, 1.54) is 0 Å². The molecule has 4 aromatic rings. The number of hydrogen-bond acceptors (Lipinski definition) is 6. The summed E-state index contributed by atoms with van der Waals surface area (Å²) in [6, 6.07) is 11.9. The Morgan fingerprint density at radius 2 is 2.06 bits per heavy atom. The third-order valence-corrected chi connectivity index (χ3v) is 6.13. The number of ether oxygens (including phenoxy) is 2. The van der Waals surface area contributed by atoms with E-state index in [0.717, 1.165) is 72.1 Å². The fourth-order valence-electron chi connectivity index (χ4n) is 4.01. The van der Waals surface area contributed by atoms with Gasteiger partial charge in [-0.3, -0.25) is 14.8 Å². The van der Waals surface area contributed by atoms with Crippen LogP contribution in [0.25, 0.3) is 22.3 Å². The first-order valence-electron chi connectivity index (χ1n) is 11.4. The van der Waals surface area contributed by atoms with Gasteiger partial charge in [-0.1, -0.05) is 12.1 Å². The van der Waals surface area contributed by atoms with Gasteiger partial charge < -0.3 is 19.8 Å². The molecule has 9 heteroatoms. The molecule has 0 radical (unpaired) electrons. The second-order valence-corrected chi connectivity index (χ2v) is 8.44. The molecule has 9 nitrogen and oxygen atoms in total. The number of carbonyl (C=O) groups excluding carboxylic acids is 1. The third kappa shape index (κ3) is 4.80. The Bertz CT molecular complexity index is 1310. The predicted octanol–water partition coefficient (Wildman–Crippen LogP) is 3.53. The zero-order valence-electron chi connectivity index (χ0n) is 19.4. The molecule has 1 aliphatic heterocycles. The normalized spacial score (nSPS) is 14.4. The molecule has 5 rings (SSSR count). The number of nitrogens with zero attached hydrogens (tertiary/aromatic N) is 3. The van der Waals surface area contributed by atoms with Gasteiger partial charge in [0.2, 0.25) is 0 Å². The van der Waals surface area contributed by atoms with Crippen LogP contribution in [0.5, 0.6) is 5.75 Å². The highest BCUT2D eigenvalue weighted by atomic mass is 16.5. The molecule has 0 atom stereocenters. The minimum Gasteiger partial charge on any atom is -0.492 e. The van der Waals surface area contributed by atoms with Crippen molar-refractivity contribution in [2.75, 3.05) is 44.8 Å². The zero-order valence-corrected chi connectivity index (χ0v) is 19.4. The maximum Gasteiger partial charge on any atom is 0.273 e. The monoisotopic (exact) mass is 460 g/mol. The summed E-state index contributed by atoms with van der Waals surface area (Å²) in [5.41, 5.74) is 5.41. The van der Waals surface area contributed by atoms with Crippen molar-refractivity contribution in [3.8, 4) is 17.0 Å². The van der Waals surface area contributed by atoms with Crippen LogP contribution in [0.3, 0.4) is 0 Å². The van der Waals surface area contributed by atoms with Gasteiger partial charge in [0, 0.05) is 41.8 Å². The Morgan fingerprint density at radius 3 is 2.85 bits per heavy atom. The number of carbonyl (C=O) groups is 1. The predicted molar refractivity (Wildman–Crippen MR) is 130 cm³/mol. The molecular weight excluding hydrogens is 432 g/mol. The van der Waals surface area contributed by atoms with E-state index in [4.69, 9.17) is 9.47 Å². The van der Waals surface area contributed by atoms with Crippen LogP contribution in [0.2, 0.25) is 0 Å². The van der Waals surface area contributed by atoms with Crippen molar-refractivity contribution in [2.45, 2.75) is 13.8 Å². The number of aromatic nitrogens is 4. The molecule has 1 aromatic carbocycles. The third-order valence-electron chi connectivity index (χ3n) is 6.13. The van der Waals surface area contributed by atoms with E-state index in [1.807, 2.05) is 50.2 Å². The molecule has 4 heterocycles. The lowest BCUT2D eigenvalue weighted by molar-refractivity contribution is 0.0322. The highest BCUT2D eigenvalue weighted by molar-refractivity contribution is 6.04. The first-order valence-corrected chi connectivity index (χ1v) is 11.4. The van der Waals surface area contributed by atoms with Crippen molar-refractivity contribution in [3.63, 3.8) is 0 Å². The molecule has 34 heavy (non-hydrogen) atoms. The topological polar surface area (TPSA) is 108 Å². The lowest BCUT2D eigenvalue weighted by atomic mass is 10.1. The average Bonchev–Trinajstić information content (AvgIpc) is 3.43. The first kappa shape index (κ1) is 22.1. The summed E-state index contributed by atoms with van der Waals surface area (Å²) in [6.07, 6.45) is 1.64. The van der Waals surface area contributed by atoms with Crippen molar-refractivity contribution >= 4 is 22.6 Å². The standard InChI is InChI=1S/C25H28N6O3/c1-16-17(2)29-30-23(16)25(32)27-20-12-19-14-22(28-24(19)26-15-20)18-4-3-5-21(13-18)34-11-8-31-6-9-33-10-7-31/h3-5,12-15H,6-11H2,1-2H3,(H,26,28)(H,27,32)(H,29,30). The first-order chi connectivity index (χ1) is 16.6. The minimum absolute atomic E-state index is 0.239. The lowest BCUT2D eigenvalue weighted by Crippen LogP contribution is -2.38. The molecule has 3 aromatic heterocycles. The molecule has 1 amide bonds. The molecule has 1 fully saturated rings. The molecular formula is C25H28N6O3. The Labute approximate surface area is 197 Å². The SMILES string of the molecule is Cc1n[nH]c(C(=O)Nc2cnc3[nH]c(-c4cccc(OCCN5CCOCC5)c4)cc3c2)c1C. The van der Waals surface area contributed by atoms with Gasteiger partial charge in [0.25, 0.3) is 5.91 Å². The number of amides is 1. The summed E-state index contributed by atoms with van der Waals surface area (Å²) >= 11 is 0. The molecule has 0 aliphatic carbocycles. The van der Waals surface area contributed by atoms with Gasteiger partial charge in [-0.25, -0.2) is 4.98 Å². The molecule has 1 saturated heterocycles. The van der Waals surface area contributed by atoms with Crippen molar-refractivity contribution in [1.29, 1.82) is 0 Å². The molecule has 176 valence electrons. The van der Waals surface area contributed by atoms with E-state index in [9.17, 15) is 4.79 Å². The number of anilines is 1. The highest BCUT2D eigenvalue weighted by Gasteiger charge is 2.15. The second kappa shape index (κ2) is 9.66. The Balaban J connectivity index is 1.27. The van der Waals surface area contributed by atoms with Crippen molar-refractivity contribution in [1.82, 2.24) is 25.1 Å². The van der Waals surface area contributed by atoms with Crippen LogP contribution >= 0.6 is 0 Å². The van der Waals surface area contributed by atoms with Gasteiger partial charge >= 0.3 is 0 Å². The van der Waals surface area contributed by atoms with Gasteiger partial charge in [-0.05, 0) is 38.1 Å². The van der Waals surface area contributed by atoms with E-state index < -0.39 is 0 Å². The minimum atomic E-state index is -0.239. The van der Waals surface area contributed by atoms with E-state index in [-0.39, 0.29) is 5.91 Å². The molecule has 0 saturated carbocycles. The van der Waals surface area contributed by atoms with Crippen LogP contribution in [0.15, 0.2) is 42.6 Å². The number of benzene rings is 1. The van der Waals surface area contributed by atoms with Crippen LogP contribution in [-0.4, -0.2) is 70.4 Å². The number of pyridine rings is 1. The number of hydrogen-bond donors (Lipinski definition) is 3. The molecule has 0 bridgehead atoms. The Hall–Kier alpha value is -3.69. The number of fused-ring (bicyclic) bond motifs is 1. The fourth-order valence-corrected chi connectivity index (χ4v) is 4.01. The number of nitrogens with one attached hydrogen (secondary N) is 3. The summed E-state index contributed by atoms with van der Waals surface area (Å²) in [4.78, 5) is 22.8. The van der Waals surface area contributed by atoms with E-state index in [1.54, 1.807) is 6.20 Å². The van der Waals surface area contributed by atoms with E-state index in [2.05, 4.69) is 30.4 Å². The maximum atomic E-state index is 12.6. The molecule has 3 N–H and O–H groups in total. The van der Waals surface area contributed by atoms with Crippen LogP contribution < -0.4 is 10.1 Å². The van der Waals surface area contributed by atoms with Gasteiger partial charge in [0.15, 0.2) is 0 Å². The van der Waals surface area contributed by atoms with Crippen molar-refractivity contribution < 1.29 is 14.3 Å². The van der Waals surface area contributed by atoms with Crippen LogP contribution in [0.1, 0.15) is 21.7 Å². The van der Waals surface area contributed by atoms with Crippen molar-refractivity contribution in [3.05, 3.63) is 59.5 Å². The maximum absolute atomic E-state index is 12.6. The lowest BCUT2D eigenvalue weighted by Gasteiger charge is -2.26. The second-order valence-electron chi connectivity index (χ2n) is 8.44.